The molecule has 1 heterocycles. The Hall–Kier alpha value is -3.29. The fourth-order valence-electron chi connectivity index (χ4n) is 2.84. The second kappa shape index (κ2) is 7.38. The second-order valence-electron chi connectivity index (χ2n) is 5.91. The molecule has 5 nitrogen and oxygen atoms in total. The maximum atomic E-state index is 12.9. The lowest BCUT2D eigenvalue weighted by atomic mass is 10.0. The summed E-state index contributed by atoms with van der Waals surface area (Å²) in [4.78, 5) is 28.3. The molecule has 3 rings (SSSR count). The van der Waals surface area contributed by atoms with E-state index < -0.39 is 23.1 Å². The minimum Gasteiger partial charge on any atom is -0.497 e. The van der Waals surface area contributed by atoms with Crippen LogP contribution in [-0.4, -0.2) is 24.7 Å². The molecule has 0 unspecified atom stereocenters. The zero-order chi connectivity index (χ0) is 20.5. The quantitative estimate of drug-likeness (QED) is 0.670. The monoisotopic (exact) mass is 391 g/mol. The highest BCUT2D eigenvalue weighted by Gasteiger charge is 2.30. The maximum Gasteiger partial charge on any atom is 0.416 e. The van der Waals surface area contributed by atoms with Crippen LogP contribution in [0.3, 0.4) is 0 Å². The van der Waals surface area contributed by atoms with Crippen molar-refractivity contribution in [2.24, 2.45) is 0 Å². The normalized spacial score (nSPS) is 11.5. The van der Waals surface area contributed by atoms with Crippen molar-refractivity contribution in [2.45, 2.75) is 13.1 Å². The van der Waals surface area contributed by atoms with E-state index >= 15 is 0 Å². The highest BCUT2D eigenvalue weighted by molar-refractivity contribution is 6.00. The number of pyridine rings is 1. The number of hydrogen-bond acceptors (Lipinski definition) is 4. The summed E-state index contributed by atoms with van der Waals surface area (Å²) in [5.74, 6) is -0.373. The van der Waals surface area contributed by atoms with Crippen LogP contribution in [0.15, 0.2) is 47.3 Å². The van der Waals surface area contributed by atoms with Crippen LogP contribution in [0.5, 0.6) is 5.75 Å². The molecule has 146 valence electrons. The number of methoxy groups -OCH3 is 1. The number of fused-ring (bicyclic) bond motifs is 1. The van der Waals surface area contributed by atoms with E-state index in [1.54, 1.807) is 19.1 Å². The minimum absolute atomic E-state index is 0.0470. The summed E-state index contributed by atoms with van der Waals surface area (Å²) in [7, 11) is 1.46. The van der Waals surface area contributed by atoms with Gasteiger partial charge < -0.3 is 14.5 Å². The van der Waals surface area contributed by atoms with Crippen molar-refractivity contribution in [3.63, 3.8) is 0 Å². The lowest BCUT2D eigenvalue weighted by molar-refractivity contribution is -0.137. The average molecular weight is 391 g/mol. The van der Waals surface area contributed by atoms with Gasteiger partial charge in [0.2, 0.25) is 5.43 Å². The molecule has 1 N–H and O–H groups in total. The van der Waals surface area contributed by atoms with E-state index in [0.717, 1.165) is 12.1 Å². The van der Waals surface area contributed by atoms with Crippen molar-refractivity contribution in [3.05, 3.63) is 63.8 Å². The first kappa shape index (κ1) is 19.5. The number of ether oxygens (including phenoxy) is 2. The molecule has 0 atom stereocenters. The Morgan fingerprint density at radius 2 is 1.79 bits per heavy atom. The van der Waals surface area contributed by atoms with Gasteiger partial charge in [0, 0.05) is 11.5 Å². The zero-order valence-electron chi connectivity index (χ0n) is 15.0. The average Bonchev–Trinajstić information content (AvgIpc) is 2.67. The molecule has 0 bridgehead atoms. The van der Waals surface area contributed by atoms with Crippen LogP contribution in [0.25, 0.3) is 22.2 Å². The number of benzene rings is 2. The molecule has 0 aliphatic heterocycles. The summed E-state index contributed by atoms with van der Waals surface area (Å²) >= 11 is 0. The highest BCUT2D eigenvalue weighted by atomic mass is 19.4. The minimum atomic E-state index is -4.49. The number of aromatic amines is 1. The van der Waals surface area contributed by atoms with Crippen molar-refractivity contribution in [1.29, 1.82) is 0 Å². The summed E-state index contributed by atoms with van der Waals surface area (Å²) in [6.45, 7) is 1.64. The molecule has 0 spiro atoms. The number of H-pyrrole nitrogens is 1. The third kappa shape index (κ3) is 3.58. The topological polar surface area (TPSA) is 68.4 Å². The number of aromatic nitrogens is 1. The molecule has 0 saturated carbocycles. The summed E-state index contributed by atoms with van der Waals surface area (Å²) in [5, 5.41) is 0.236. The van der Waals surface area contributed by atoms with Crippen LogP contribution >= 0.6 is 0 Å². The van der Waals surface area contributed by atoms with Crippen LogP contribution < -0.4 is 10.2 Å². The Morgan fingerprint density at radius 3 is 2.36 bits per heavy atom. The summed E-state index contributed by atoms with van der Waals surface area (Å²) in [5.41, 5.74) is -0.967. The van der Waals surface area contributed by atoms with Crippen molar-refractivity contribution >= 4 is 16.9 Å². The summed E-state index contributed by atoms with van der Waals surface area (Å²) < 4.78 is 48.6. The molecule has 0 amide bonds. The number of nitrogens with one attached hydrogen (secondary N) is 1. The predicted molar refractivity (Wildman–Crippen MR) is 97.5 cm³/mol. The first-order valence-electron chi connectivity index (χ1n) is 8.35. The molecule has 0 radical (unpaired) electrons. The van der Waals surface area contributed by atoms with E-state index in [1.807, 2.05) is 0 Å². The second-order valence-corrected chi connectivity index (χ2v) is 5.91. The number of carbonyl (C=O) groups excluding carboxylic acids is 1. The predicted octanol–water partition coefficient (Wildman–Crippen LogP) is 4.40. The summed E-state index contributed by atoms with van der Waals surface area (Å²) in [6, 6.07) is 8.82. The smallest absolute Gasteiger partial charge is 0.416 e. The van der Waals surface area contributed by atoms with Crippen molar-refractivity contribution in [3.8, 4) is 17.0 Å². The van der Waals surface area contributed by atoms with Crippen LogP contribution in [0, 0.1) is 0 Å². The van der Waals surface area contributed by atoms with E-state index in [-0.39, 0.29) is 28.8 Å². The maximum absolute atomic E-state index is 12.9. The number of alkyl halides is 3. The van der Waals surface area contributed by atoms with Crippen molar-refractivity contribution in [2.75, 3.05) is 13.7 Å². The molecule has 0 saturated heterocycles. The fraction of sp³-hybridized carbons (Fsp3) is 0.200. The van der Waals surface area contributed by atoms with Crippen LogP contribution in [-0.2, 0) is 10.9 Å². The van der Waals surface area contributed by atoms with Crippen LogP contribution in [0.4, 0.5) is 13.2 Å². The van der Waals surface area contributed by atoms with E-state index in [4.69, 9.17) is 9.47 Å². The Balaban J connectivity index is 2.27. The van der Waals surface area contributed by atoms with Gasteiger partial charge in [0.1, 0.15) is 11.3 Å². The van der Waals surface area contributed by atoms with Gasteiger partial charge in [-0.3, -0.25) is 4.79 Å². The zero-order valence-corrected chi connectivity index (χ0v) is 15.0. The summed E-state index contributed by atoms with van der Waals surface area (Å²) in [6.07, 6.45) is -4.49. The van der Waals surface area contributed by atoms with Gasteiger partial charge in [0.15, 0.2) is 0 Å². The van der Waals surface area contributed by atoms with Crippen LogP contribution in [0.1, 0.15) is 22.8 Å². The molecule has 3 aromatic rings. The number of halogens is 3. The number of carbonyl (C=O) groups is 1. The largest absolute Gasteiger partial charge is 0.497 e. The van der Waals surface area contributed by atoms with Crippen LogP contribution in [0.2, 0.25) is 0 Å². The van der Waals surface area contributed by atoms with E-state index in [0.29, 0.717) is 11.3 Å². The van der Waals surface area contributed by atoms with E-state index in [2.05, 4.69) is 4.98 Å². The molecule has 2 aromatic carbocycles. The number of hydrogen-bond donors (Lipinski definition) is 1. The molecule has 0 aliphatic carbocycles. The molecular formula is C20H16F3NO4. The van der Waals surface area contributed by atoms with Gasteiger partial charge in [0.05, 0.1) is 30.5 Å². The SMILES string of the molecule is CCOC(=O)c1c(-c2ccc(C(F)(F)F)cc2)[nH]c2cc(OC)ccc2c1=O. The lowest BCUT2D eigenvalue weighted by Gasteiger charge is -2.13. The Kier molecular flexibility index (Phi) is 5.13. The molecule has 1 aromatic heterocycles. The van der Waals surface area contributed by atoms with Crippen molar-refractivity contribution in [1.82, 2.24) is 4.98 Å². The fourth-order valence-corrected chi connectivity index (χ4v) is 2.84. The van der Waals surface area contributed by atoms with Gasteiger partial charge in [-0.2, -0.15) is 13.2 Å². The molecule has 0 fully saturated rings. The van der Waals surface area contributed by atoms with Gasteiger partial charge >= 0.3 is 12.1 Å². The highest BCUT2D eigenvalue weighted by Crippen LogP contribution is 2.32. The third-order valence-electron chi connectivity index (χ3n) is 4.19. The van der Waals surface area contributed by atoms with Gasteiger partial charge in [0.25, 0.3) is 0 Å². The number of rotatable bonds is 4. The molecule has 0 aliphatic rings. The van der Waals surface area contributed by atoms with E-state index in [1.165, 1.54) is 25.3 Å². The third-order valence-corrected chi connectivity index (χ3v) is 4.19. The number of esters is 1. The Bertz CT molecular complexity index is 1090. The van der Waals surface area contributed by atoms with Gasteiger partial charge in [-0.1, -0.05) is 12.1 Å². The van der Waals surface area contributed by atoms with Gasteiger partial charge in [-0.25, -0.2) is 4.79 Å². The molecule has 8 heteroatoms. The first-order valence-corrected chi connectivity index (χ1v) is 8.35. The Labute approximate surface area is 157 Å². The lowest BCUT2D eigenvalue weighted by Crippen LogP contribution is -2.20. The standard InChI is InChI=1S/C20H16F3NO4/c1-3-28-19(26)16-17(11-4-6-12(7-5-11)20(21,22)23)24-15-10-13(27-2)8-9-14(15)18(16)25/h4-10H,3H2,1-2H3,(H,24,25). The van der Waals surface area contributed by atoms with Gasteiger partial charge in [-0.05, 0) is 36.8 Å². The molecule has 28 heavy (non-hydrogen) atoms. The van der Waals surface area contributed by atoms with Gasteiger partial charge in [-0.15, -0.1) is 0 Å². The molecular weight excluding hydrogens is 375 g/mol. The van der Waals surface area contributed by atoms with Crippen molar-refractivity contribution < 1.29 is 27.4 Å². The van der Waals surface area contributed by atoms with E-state index in [9.17, 15) is 22.8 Å². The first-order chi connectivity index (χ1) is 13.3. The Morgan fingerprint density at radius 1 is 1.11 bits per heavy atom.